The number of rotatable bonds is 9. The van der Waals surface area contributed by atoms with Gasteiger partial charge in [0.05, 0.1) is 0 Å². The highest BCUT2D eigenvalue weighted by molar-refractivity contribution is 7.99. The van der Waals surface area contributed by atoms with Crippen LogP contribution in [-0.2, 0) is 0 Å². The van der Waals surface area contributed by atoms with Gasteiger partial charge in [-0.05, 0) is 25.0 Å². The minimum Gasteiger partial charge on any atom is -0.313 e. The molecule has 1 N–H and O–H groups in total. The van der Waals surface area contributed by atoms with Gasteiger partial charge < -0.3 is 5.32 Å². The molecule has 1 atom stereocenters. The van der Waals surface area contributed by atoms with E-state index in [2.05, 4.69) is 44.8 Å². The van der Waals surface area contributed by atoms with Crippen molar-refractivity contribution < 1.29 is 0 Å². The number of nitrogens with one attached hydrogen (secondary N) is 1. The van der Waals surface area contributed by atoms with E-state index in [9.17, 15) is 0 Å². The van der Waals surface area contributed by atoms with Crippen molar-refractivity contribution in [2.24, 2.45) is 5.92 Å². The van der Waals surface area contributed by atoms with Crippen LogP contribution in [0.25, 0.3) is 0 Å². The molecule has 0 fully saturated rings. The van der Waals surface area contributed by atoms with Crippen LogP contribution >= 0.6 is 11.8 Å². The van der Waals surface area contributed by atoms with Crippen LogP contribution in [0.15, 0.2) is 0 Å². The van der Waals surface area contributed by atoms with Gasteiger partial charge in [0.15, 0.2) is 0 Å². The molecule has 0 rings (SSSR count). The van der Waals surface area contributed by atoms with Gasteiger partial charge in [-0.25, -0.2) is 0 Å². The molecule has 0 saturated heterocycles. The molecular weight excluding hydrogens is 190 g/mol. The summed E-state index contributed by atoms with van der Waals surface area (Å²) in [5, 5.41) is 3.55. The van der Waals surface area contributed by atoms with E-state index in [1.54, 1.807) is 0 Å². The van der Waals surface area contributed by atoms with E-state index in [0.717, 1.165) is 12.5 Å². The SMILES string of the molecule is CCCCCSCCNC(C)C(C)C. The van der Waals surface area contributed by atoms with Gasteiger partial charge in [0.1, 0.15) is 0 Å². The van der Waals surface area contributed by atoms with Crippen molar-refractivity contribution in [2.45, 2.75) is 53.0 Å². The highest BCUT2D eigenvalue weighted by atomic mass is 32.2. The fourth-order valence-electron chi connectivity index (χ4n) is 1.15. The lowest BCUT2D eigenvalue weighted by atomic mass is 10.1. The first-order valence-corrected chi connectivity index (χ1v) is 7.15. The molecule has 0 aliphatic heterocycles. The zero-order chi connectivity index (χ0) is 10.8. The van der Waals surface area contributed by atoms with Gasteiger partial charge in [0, 0.05) is 18.3 Å². The molecule has 1 unspecified atom stereocenters. The predicted molar refractivity (Wildman–Crippen MR) is 69.2 cm³/mol. The zero-order valence-electron chi connectivity index (χ0n) is 10.3. The van der Waals surface area contributed by atoms with E-state index in [-0.39, 0.29) is 0 Å². The topological polar surface area (TPSA) is 12.0 Å². The molecule has 0 aliphatic carbocycles. The Balaban J connectivity index is 3.06. The third-order valence-electron chi connectivity index (χ3n) is 2.60. The molecule has 0 spiro atoms. The Labute approximate surface area is 94.4 Å². The van der Waals surface area contributed by atoms with Crippen LogP contribution in [0.4, 0.5) is 0 Å². The summed E-state index contributed by atoms with van der Waals surface area (Å²) < 4.78 is 0. The summed E-state index contributed by atoms with van der Waals surface area (Å²) in [4.78, 5) is 0. The van der Waals surface area contributed by atoms with Crippen molar-refractivity contribution >= 4 is 11.8 Å². The van der Waals surface area contributed by atoms with Gasteiger partial charge >= 0.3 is 0 Å². The molecule has 0 aliphatic rings. The van der Waals surface area contributed by atoms with Crippen LogP contribution in [0.1, 0.15) is 47.0 Å². The van der Waals surface area contributed by atoms with Crippen molar-refractivity contribution in [3.05, 3.63) is 0 Å². The predicted octanol–water partition coefficient (Wildman–Crippen LogP) is 3.54. The molecule has 2 heteroatoms. The second-order valence-corrected chi connectivity index (χ2v) is 5.53. The van der Waals surface area contributed by atoms with E-state index in [4.69, 9.17) is 0 Å². The van der Waals surface area contributed by atoms with Crippen LogP contribution in [0.2, 0.25) is 0 Å². The number of unbranched alkanes of at least 4 members (excludes halogenated alkanes) is 2. The molecule has 86 valence electrons. The quantitative estimate of drug-likeness (QED) is 0.593. The van der Waals surface area contributed by atoms with E-state index < -0.39 is 0 Å². The van der Waals surface area contributed by atoms with Crippen molar-refractivity contribution in [2.75, 3.05) is 18.1 Å². The Morgan fingerprint density at radius 3 is 2.36 bits per heavy atom. The molecule has 0 heterocycles. The minimum absolute atomic E-state index is 0.659. The van der Waals surface area contributed by atoms with Gasteiger partial charge in [0.25, 0.3) is 0 Å². The third-order valence-corrected chi connectivity index (χ3v) is 3.68. The Bertz CT molecular complexity index is 115. The highest BCUT2D eigenvalue weighted by Crippen LogP contribution is 2.05. The van der Waals surface area contributed by atoms with Gasteiger partial charge in [-0.3, -0.25) is 0 Å². The molecule has 0 radical (unpaired) electrons. The van der Waals surface area contributed by atoms with E-state index in [1.165, 1.54) is 30.8 Å². The van der Waals surface area contributed by atoms with Gasteiger partial charge in [-0.15, -0.1) is 0 Å². The Morgan fingerprint density at radius 1 is 1.07 bits per heavy atom. The summed E-state index contributed by atoms with van der Waals surface area (Å²) in [6.45, 7) is 10.2. The normalized spacial score (nSPS) is 13.5. The largest absolute Gasteiger partial charge is 0.313 e. The van der Waals surface area contributed by atoms with Crippen LogP contribution in [0.5, 0.6) is 0 Å². The standard InChI is InChI=1S/C12H27NS/c1-5-6-7-9-14-10-8-13-12(4)11(2)3/h11-13H,5-10H2,1-4H3. The lowest BCUT2D eigenvalue weighted by molar-refractivity contribution is 0.438. The lowest BCUT2D eigenvalue weighted by Crippen LogP contribution is -2.32. The minimum atomic E-state index is 0.659. The first-order chi connectivity index (χ1) is 6.68. The smallest absolute Gasteiger partial charge is 0.00620 e. The van der Waals surface area contributed by atoms with Crippen molar-refractivity contribution in [3.8, 4) is 0 Å². The molecule has 0 aromatic rings. The van der Waals surface area contributed by atoms with Crippen molar-refractivity contribution in [1.29, 1.82) is 0 Å². The summed E-state index contributed by atoms with van der Waals surface area (Å²) >= 11 is 2.08. The maximum atomic E-state index is 3.55. The van der Waals surface area contributed by atoms with E-state index in [1.807, 2.05) is 0 Å². The second kappa shape index (κ2) is 9.85. The van der Waals surface area contributed by atoms with Crippen LogP contribution in [-0.4, -0.2) is 24.1 Å². The first kappa shape index (κ1) is 14.3. The summed E-state index contributed by atoms with van der Waals surface area (Å²) in [7, 11) is 0. The fourth-order valence-corrected chi connectivity index (χ4v) is 2.03. The average Bonchev–Trinajstić information content (AvgIpc) is 2.16. The molecular formula is C12H27NS. The maximum Gasteiger partial charge on any atom is 0.00620 e. The van der Waals surface area contributed by atoms with Crippen LogP contribution in [0.3, 0.4) is 0 Å². The number of hydrogen-bond donors (Lipinski definition) is 1. The summed E-state index contributed by atoms with van der Waals surface area (Å²) in [5.41, 5.74) is 0. The fraction of sp³-hybridized carbons (Fsp3) is 1.00. The van der Waals surface area contributed by atoms with E-state index >= 15 is 0 Å². The van der Waals surface area contributed by atoms with Crippen molar-refractivity contribution in [1.82, 2.24) is 5.32 Å². The molecule has 14 heavy (non-hydrogen) atoms. The van der Waals surface area contributed by atoms with Crippen molar-refractivity contribution in [3.63, 3.8) is 0 Å². The molecule has 0 bridgehead atoms. The van der Waals surface area contributed by atoms with Crippen LogP contribution < -0.4 is 5.32 Å². The Kier molecular flexibility index (Phi) is 10.1. The molecule has 0 amide bonds. The lowest BCUT2D eigenvalue weighted by Gasteiger charge is -2.16. The number of hydrogen-bond acceptors (Lipinski definition) is 2. The summed E-state index contributed by atoms with van der Waals surface area (Å²) in [6, 6.07) is 0.659. The van der Waals surface area contributed by atoms with Gasteiger partial charge in [-0.1, -0.05) is 33.6 Å². The van der Waals surface area contributed by atoms with Crippen LogP contribution in [0, 0.1) is 5.92 Å². The molecule has 0 aromatic carbocycles. The Morgan fingerprint density at radius 2 is 1.79 bits per heavy atom. The molecule has 0 saturated carbocycles. The van der Waals surface area contributed by atoms with Gasteiger partial charge in [-0.2, -0.15) is 11.8 Å². The third kappa shape index (κ3) is 8.89. The maximum absolute atomic E-state index is 3.55. The summed E-state index contributed by atoms with van der Waals surface area (Å²) in [6.07, 6.45) is 4.12. The Hall–Kier alpha value is 0.310. The highest BCUT2D eigenvalue weighted by Gasteiger charge is 2.04. The first-order valence-electron chi connectivity index (χ1n) is 5.99. The molecule has 0 aromatic heterocycles. The van der Waals surface area contributed by atoms with Gasteiger partial charge in [0.2, 0.25) is 0 Å². The average molecular weight is 217 g/mol. The number of thioether (sulfide) groups is 1. The van der Waals surface area contributed by atoms with E-state index in [0.29, 0.717) is 6.04 Å². The monoisotopic (exact) mass is 217 g/mol. The second-order valence-electron chi connectivity index (χ2n) is 4.31. The molecule has 1 nitrogen and oxygen atoms in total. The zero-order valence-corrected chi connectivity index (χ0v) is 11.1. The summed E-state index contributed by atoms with van der Waals surface area (Å²) in [5.74, 6) is 3.35.